The van der Waals surface area contributed by atoms with Gasteiger partial charge in [0.1, 0.15) is 35.4 Å². The Balaban J connectivity index is 1.74. The van der Waals surface area contributed by atoms with E-state index in [0.29, 0.717) is 11.3 Å². The SMILES string of the molecule is CC(C)n1c(=O)c2c(-c3nc(C4CCC(C)(C)O4)no3)ncn2c2ccc(F)c(C#N)c21. The van der Waals surface area contributed by atoms with E-state index in [2.05, 4.69) is 15.1 Å². The number of benzene rings is 1. The monoisotopic (exact) mass is 436 g/mol. The molecular weight excluding hydrogens is 415 g/mol. The van der Waals surface area contributed by atoms with Gasteiger partial charge in [0.05, 0.1) is 16.6 Å². The van der Waals surface area contributed by atoms with Crippen molar-refractivity contribution in [2.24, 2.45) is 0 Å². The summed E-state index contributed by atoms with van der Waals surface area (Å²) in [5.41, 5.74) is 0.258. The topological polar surface area (TPSA) is 111 Å². The summed E-state index contributed by atoms with van der Waals surface area (Å²) in [4.78, 5) is 22.3. The van der Waals surface area contributed by atoms with Crippen molar-refractivity contribution < 1.29 is 13.7 Å². The van der Waals surface area contributed by atoms with Gasteiger partial charge in [-0.15, -0.1) is 0 Å². The van der Waals surface area contributed by atoms with Crippen LogP contribution in [0.15, 0.2) is 27.8 Å². The highest BCUT2D eigenvalue weighted by Gasteiger charge is 2.35. The Morgan fingerprint density at radius 2 is 2.09 bits per heavy atom. The summed E-state index contributed by atoms with van der Waals surface area (Å²) in [5.74, 6) is -0.176. The minimum atomic E-state index is -0.686. The van der Waals surface area contributed by atoms with Crippen molar-refractivity contribution >= 4 is 16.6 Å². The van der Waals surface area contributed by atoms with Gasteiger partial charge in [-0.05, 0) is 52.7 Å². The molecule has 164 valence electrons. The number of nitrogens with zero attached hydrogens (tertiary/aromatic N) is 6. The lowest BCUT2D eigenvalue weighted by Gasteiger charge is -2.17. The van der Waals surface area contributed by atoms with Gasteiger partial charge in [-0.25, -0.2) is 9.37 Å². The van der Waals surface area contributed by atoms with E-state index in [9.17, 15) is 14.4 Å². The standard InChI is InChI=1S/C22H21FN6O3/c1-11(2)29-17-12(9-24)13(23)5-6-14(17)28-10-25-16(18(28)21(29)30)20-26-19(27-32-20)15-7-8-22(3,4)31-15/h5-6,10-11,15H,7-8H2,1-4H3. The molecule has 0 saturated carbocycles. The third-order valence-electron chi connectivity index (χ3n) is 5.83. The maximum absolute atomic E-state index is 14.4. The third kappa shape index (κ3) is 2.92. The molecular formula is C22H21FN6O3. The molecule has 0 bridgehead atoms. The molecule has 3 aromatic heterocycles. The third-order valence-corrected chi connectivity index (χ3v) is 5.83. The highest BCUT2D eigenvalue weighted by Crippen LogP contribution is 2.38. The summed E-state index contributed by atoms with van der Waals surface area (Å²) < 4.78 is 28.7. The van der Waals surface area contributed by atoms with E-state index in [1.165, 1.54) is 27.4 Å². The molecule has 1 unspecified atom stereocenters. The van der Waals surface area contributed by atoms with Gasteiger partial charge in [0.2, 0.25) is 5.82 Å². The molecule has 5 rings (SSSR count). The molecule has 4 aromatic rings. The predicted octanol–water partition coefficient (Wildman–Crippen LogP) is 3.92. The maximum Gasteiger partial charge on any atom is 0.279 e. The molecule has 0 spiro atoms. The summed E-state index contributed by atoms with van der Waals surface area (Å²) in [6.07, 6.45) is 2.80. The first-order chi connectivity index (χ1) is 15.2. The minimum Gasteiger partial charge on any atom is -0.364 e. The second-order valence-corrected chi connectivity index (χ2v) is 8.85. The van der Waals surface area contributed by atoms with Crippen LogP contribution in [-0.4, -0.2) is 29.7 Å². The lowest BCUT2D eigenvalue weighted by Crippen LogP contribution is -2.25. The van der Waals surface area contributed by atoms with E-state index in [1.54, 1.807) is 13.8 Å². The summed E-state index contributed by atoms with van der Waals surface area (Å²) >= 11 is 0. The molecule has 0 N–H and O–H groups in total. The number of hydrogen-bond donors (Lipinski definition) is 0. The Hall–Kier alpha value is -3.58. The first-order valence-electron chi connectivity index (χ1n) is 10.4. The Labute approximate surface area is 182 Å². The Bertz CT molecular complexity index is 1470. The summed E-state index contributed by atoms with van der Waals surface area (Å²) in [6, 6.07) is 4.28. The molecule has 0 aliphatic carbocycles. The highest BCUT2D eigenvalue weighted by molar-refractivity contribution is 5.87. The van der Waals surface area contributed by atoms with Crippen molar-refractivity contribution in [1.82, 2.24) is 24.1 Å². The molecule has 1 aliphatic rings. The lowest BCUT2D eigenvalue weighted by atomic mass is 10.1. The maximum atomic E-state index is 14.4. The number of rotatable bonds is 3. The van der Waals surface area contributed by atoms with E-state index in [-0.39, 0.29) is 45.9 Å². The van der Waals surface area contributed by atoms with Crippen molar-refractivity contribution in [3.05, 3.63) is 46.0 Å². The molecule has 1 saturated heterocycles. The van der Waals surface area contributed by atoms with Crippen molar-refractivity contribution in [3.63, 3.8) is 0 Å². The van der Waals surface area contributed by atoms with Gasteiger partial charge in [0.15, 0.2) is 5.69 Å². The second-order valence-electron chi connectivity index (χ2n) is 8.85. The van der Waals surface area contributed by atoms with Crippen molar-refractivity contribution in [1.29, 1.82) is 5.26 Å². The lowest BCUT2D eigenvalue weighted by molar-refractivity contribution is -0.0207. The highest BCUT2D eigenvalue weighted by atomic mass is 19.1. The average Bonchev–Trinajstić information content (AvgIpc) is 3.45. The number of aromatic nitrogens is 5. The van der Waals surface area contributed by atoms with E-state index >= 15 is 0 Å². The van der Waals surface area contributed by atoms with Gasteiger partial charge >= 0.3 is 0 Å². The molecule has 9 nitrogen and oxygen atoms in total. The van der Waals surface area contributed by atoms with Crippen LogP contribution in [0.3, 0.4) is 0 Å². The quantitative estimate of drug-likeness (QED) is 0.478. The predicted molar refractivity (Wildman–Crippen MR) is 112 cm³/mol. The Kier molecular flexibility index (Phi) is 4.43. The van der Waals surface area contributed by atoms with Crippen LogP contribution >= 0.6 is 0 Å². The van der Waals surface area contributed by atoms with Crippen LogP contribution in [-0.2, 0) is 4.74 Å². The van der Waals surface area contributed by atoms with Crippen molar-refractivity contribution in [3.8, 4) is 17.7 Å². The Morgan fingerprint density at radius 1 is 1.31 bits per heavy atom. The molecule has 1 aromatic carbocycles. The number of fused-ring (bicyclic) bond motifs is 3. The second kappa shape index (κ2) is 6.97. The molecule has 1 atom stereocenters. The van der Waals surface area contributed by atoms with Crippen molar-refractivity contribution in [2.75, 3.05) is 0 Å². The number of imidazole rings is 1. The fourth-order valence-corrected chi connectivity index (χ4v) is 4.33. The van der Waals surface area contributed by atoms with E-state index in [4.69, 9.17) is 9.26 Å². The van der Waals surface area contributed by atoms with Crippen LogP contribution in [0.25, 0.3) is 28.1 Å². The van der Waals surface area contributed by atoms with Gasteiger partial charge in [0, 0.05) is 6.04 Å². The van der Waals surface area contributed by atoms with Gasteiger partial charge in [0.25, 0.3) is 11.4 Å². The van der Waals surface area contributed by atoms with Crippen LogP contribution < -0.4 is 5.56 Å². The molecule has 4 heterocycles. The number of halogens is 1. The fraction of sp³-hybridized carbons (Fsp3) is 0.409. The van der Waals surface area contributed by atoms with Gasteiger partial charge in [-0.2, -0.15) is 10.2 Å². The average molecular weight is 436 g/mol. The summed E-state index contributed by atoms with van der Waals surface area (Å²) in [6.45, 7) is 7.61. The van der Waals surface area contributed by atoms with Gasteiger partial charge < -0.3 is 13.8 Å². The largest absolute Gasteiger partial charge is 0.364 e. The van der Waals surface area contributed by atoms with E-state index in [1.807, 2.05) is 19.9 Å². The van der Waals surface area contributed by atoms with E-state index < -0.39 is 11.4 Å². The normalized spacial score (nSPS) is 18.1. The molecule has 10 heteroatoms. The Morgan fingerprint density at radius 3 is 2.75 bits per heavy atom. The zero-order valence-electron chi connectivity index (χ0n) is 18.1. The van der Waals surface area contributed by atoms with Gasteiger partial charge in [-0.1, -0.05) is 5.16 Å². The summed E-state index contributed by atoms with van der Waals surface area (Å²) in [5, 5.41) is 13.6. The molecule has 1 aliphatic heterocycles. The van der Waals surface area contributed by atoms with Crippen molar-refractivity contribution in [2.45, 2.75) is 58.3 Å². The number of ether oxygens (including phenoxy) is 1. The minimum absolute atomic E-state index is 0.102. The first-order valence-corrected chi connectivity index (χ1v) is 10.4. The first kappa shape index (κ1) is 20.3. The summed E-state index contributed by atoms with van der Waals surface area (Å²) in [7, 11) is 0. The number of nitriles is 1. The smallest absolute Gasteiger partial charge is 0.279 e. The molecule has 1 fully saturated rings. The zero-order chi connectivity index (χ0) is 22.8. The van der Waals surface area contributed by atoms with Crippen LogP contribution in [0, 0.1) is 17.1 Å². The zero-order valence-corrected chi connectivity index (χ0v) is 18.1. The van der Waals surface area contributed by atoms with Crippen LogP contribution in [0.2, 0.25) is 0 Å². The molecule has 0 amide bonds. The fourth-order valence-electron chi connectivity index (χ4n) is 4.33. The van der Waals surface area contributed by atoms with Crippen LogP contribution in [0.1, 0.15) is 64.1 Å². The molecule has 32 heavy (non-hydrogen) atoms. The molecule has 0 radical (unpaired) electrons. The number of hydrogen-bond acceptors (Lipinski definition) is 7. The van der Waals surface area contributed by atoms with E-state index in [0.717, 1.165) is 12.8 Å². The van der Waals surface area contributed by atoms with Gasteiger partial charge in [-0.3, -0.25) is 9.20 Å². The van der Waals surface area contributed by atoms with Crippen LogP contribution in [0.5, 0.6) is 0 Å². The van der Waals surface area contributed by atoms with Crippen LogP contribution in [0.4, 0.5) is 4.39 Å².